The second-order valence-electron chi connectivity index (χ2n) is 6.07. The summed E-state index contributed by atoms with van der Waals surface area (Å²) in [5, 5.41) is 2.82. The molecule has 0 unspecified atom stereocenters. The van der Waals surface area contributed by atoms with E-state index in [4.69, 9.17) is 16.3 Å². The summed E-state index contributed by atoms with van der Waals surface area (Å²) in [4.78, 5) is 11.9. The molecule has 3 rings (SSSR count). The van der Waals surface area contributed by atoms with Crippen molar-refractivity contribution < 1.29 is 22.3 Å². The standard InChI is InChI=1S/C18H18ClFN2O4S/c19-12-7-8-17(15(20)10-12)27(24,25)22-16-6-2-1-5-14(16)18(23)21-11-13-4-3-9-26-13/h1-2,5-8,10,13,22H,3-4,9,11H2,(H,21,23)/t13-/m1/s1. The Morgan fingerprint density at radius 2 is 2.04 bits per heavy atom. The number of benzene rings is 2. The number of halogens is 2. The highest BCUT2D eigenvalue weighted by Gasteiger charge is 2.23. The molecule has 2 aromatic rings. The lowest BCUT2D eigenvalue weighted by atomic mass is 10.1. The molecule has 9 heteroatoms. The first kappa shape index (κ1) is 19.6. The van der Waals surface area contributed by atoms with Gasteiger partial charge in [0.2, 0.25) is 0 Å². The van der Waals surface area contributed by atoms with Gasteiger partial charge in [0.25, 0.3) is 15.9 Å². The molecule has 0 saturated carbocycles. The molecule has 6 nitrogen and oxygen atoms in total. The maximum absolute atomic E-state index is 14.0. The molecule has 0 spiro atoms. The van der Waals surface area contributed by atoms with Gasteiger partial charge >= 0.3 is 0 Å². The van der Waals surface area contributed by atoms with Crippen molar-refractivity contribution >= 4 is 33.2 Å². The highest BCUT2D eigenvalue weighted by atomic mass is 35.5. The van der Waals surface area contributed by atoms with Gasteiger partial charge in [-0.3, -0.25) is 9.52 Å². The number of carbonyl (C=O) groups excluding carboxylic acids is 1. The van der Waals surface area contributed by atoms with Crippen molar-refractivity contribution in [1.29, 1.82) is 0 Å². The molecule has 1 saturated heterocycles. The van der Waals surface area contributed by atoms with Crippen LogP contribution in [-0.2, 0) is 14.8 Å². The molecule has 1 aliphatic heterocycles. The van der Waals surface area contributed by atoms with Gasteiger partial charge in [-0.1, -0.05) is 23.7 Å². The van der Waals surface area contributed by atoms with E-state index < -0.39 is 26.6 Å². The fourth-order valence-electron chi connectivity index (χ4n) is 2.77. The molecule has 1 heterocycles. The van der Waals surface area contributed by atoms with Crippen LogP contribution in [0.2, 0.25) is 5.02 Å². The Kier molecular flexibility index (Phi) is 5.98. The first-order chi connectivity index (χ1) is 12.9. The SMILES string of the molecule is O=C(NC[C@H]1CCCO1)c1ccccc1NS(=O)(=O)c1ccc(Cl)cc1F. The number of anilines is 1. The summed E-state index contributed by atoms with van der Waals surface area (Å²) in [6.07, 6.45) is 1.77. The van der Waals surface area contributed by atoms with Crippen LogP contribution in [0.3, 0.4) is 0 Å². The normalized spacial score (nSPS) is 16.9. The molecule has 0 bridgehead atoms. The minimum absolute atomic E-state index is 0.0408. The number of sulfonamides is 1. The highest BCUT2D eigenvalue weighted by molar-refractivity contribution is 7.92. The fraction of sp³-hybridized carbons (Fsp3) is 0.278. The molecule has 144 valence electrons. The number of hydrogen-bond donors (Lipinski definition) is 2. The molecule has 1 aliphatic rings. The van der Waals surface area contributed by atoms with Crippen LogP contribution in [0.15, 0.2) is 47.4 Å². The Morgan fingerprint density at radius 3 is 2.74 bits per heavy atom. The smallest absolute Gasteiger partial charge is 0.264 e. The van der Waals surface area contributed by atoms with Gasteiger partial charge in [-0.05, 0) is 43.2 Å². The summed E-state index contributed by atoms with van der Waals surface area (Å²) >= 11 is 5.66. The Labute approximate surface area is 161 Å². The second-order valence-corrected chi connectivity index (χ2v) is 8.16. The zero-order valence-electron chi connectivity index (χ0n) is 14.2. The predicted octanol–water partition coefficient (Wildman–Crippen LogP) is 3.19. The fourth-order valence-corrected chi connectivity index (χ4v) is 4.07. The van der Waals surface area contributed by atoms with Crippen LogP contribution in [0.5, 0.6) is 0 Å². The molecule has 1 amide bonds. The Balaban J connectivity index is 1.79. The van der Waals surface area contributed by atoms with Crippen LogP contribution >= 0.6 is 11.6 Å². The molecular weight excluding hydrogens is 395 g/mol. The van der Waals surface area contributed by atoms with Crippen LogP contribution < -0.4 is 10.0 Å². The van der Waals surface area contributed by atoms with Crippen LogP contribution in [0.25, 0.3) is 0 Å². The highest BCUT2D eigenvalue weighted by Crippen LogP contribution is 2.24. The van der Waals surface area contributed by atoms with Crippen LogP contribution in [0.4, 0.5) is 10.1 Å². The van der Waals surface area contributed by atoms with Crippen LogP contribution in [-0.4, -0.2) is 33.6 Å². The van der Waals surface area contributed by atoms with E-state index in [0.29, 0.717) is 13.2 Å². The van der Waals surface area contributed by atoms with E-state index in [1.807, 2.05) is 0 Å². The topological polar surface area (TPSA) is 84.5 Å². The third-order valence-corrected chi connectivity index (χ3v) is 5.75. The molecule has 0 aromatic heterocycles. The van der Waals surface area contributed by atoms with E-state index >= 15 is 0 Å². The summed E-state index contributed by atoms with van der Waals surface area (Å²) in [6, 6.07) is 9.37. The van der Waals surface area contributed by atoms with Crippen molar-refractivity contribution in [1.82, 2.24) is 5.32 Å². The van der Waals surface area contributed by atoms with Crippen molar-refractivity contribution in [2.75, 3.05) is 17.9 Å². The van der Waals surface area contributed by atoms with E-state index in [2.05, 4.69) is 10.0 Å². The van der Waals surface area contributed by atoms with E-state index in [-0.39, 0.29) is 22.4 Å². The van der Waals surface area contributed by atoms with Gasteiger partial charge in [0.05, 0.1) is 17.4 Å². The first-order valence-corrected chi connectivity index (χ1v) is 10.2. The maximum atomic E-state index is 14.0. The Morgan fingerprint density at radius 1 is 1.26 bits per heavy atom. The van der Waals surface area contributed by atoms with E-state index in [1.165, 1.54) is 18.2 Å². The Hall–Kier alpha value is -2.16. The van der Waals surface area contributed by atoms with Crippen molar-refractivity contribution in [3.05, 3.63) is 58.9 Å². The number of hydrogen-bond acceptors (Lipinski definition) is 4. The molecule has 1 atom stereocenters. The summed E-state index contributed by atoms with van der Waals surface area (Å²) in [5.74, 6) is -1.42. The molecule has 27 heavy (non-hydrogen) atoms. The van der Waals surface area contributed by atoms with Gasteiger partial charge < -0.3 is 10.1 Å². The summed E-state index contributed by atoms with van der Waals surface area (Å²) in [6.45, 7) is 1.01. The molecule has 1 fully saturated rings. The number of carbonyl (C=O) groups is 1. The lowest BCUT2D eigenvalue weighted by Gasteiger charge is -2.15. The predicted molar refractivity (Wildman–Crippen MR) is 100.0 cm³/mol. The van der Waals surface area contributed by atoms with Crippen molar-refractivity contribution in [2.45, 2.75) is 23.8 Å². The maximum Gasteiger partial charge on any atom is 0.264 e. The summed E-state index contributed by atoms with van der Waals surface area (Å²) in [5.41, 5.74) is 0.185. The molecule has 0 aliphatic carbocycles. The molecular formula is C18H18ClFN2O4S. The largest absolute Gasteiger partial charge is 0.376 e. The summed E-state index contributed by atoms with van der Waals surface area (Å²) < 4.78 is 46.8. The van der Waals surface area contributed by atoms with Crippen LogP contribution in [0.1, 0.15) is 23.2 Å². The second kappa shape index (κ2) is 8.24. The average Bonchev–Trinajstić information content (AvgIpc) is 3.13. The quantitative estimate of drug-likeness (QED) is 0.763. The number of nitrogens with one attached hydrogen (secondary N) is 2. The van der Waals surface area contributed by atoms with Crippen molar-refractivity contribution in [3.8, 4) is 0 Å². The van der Waals surface area contributed by atoms with Gasteiger partial charge in [0, 0.05) is 18.2 Å². The van der Waals surface area contributed by atoms with E-state index in [1.54, 1.807) is 12.1 Å². The molecule has 2 aromatic carbocycles. The van der Waals surface area contributed by atoms with Gasteiger partial charge in [-0.15, -0.1) is 0 Å². The van der Waals surface area contributed by atoms with Gasteiger partial charge in [-0.2, -0.15) is 0 Å². The molecule has 2 N–H and O–H groups in total. The Bertz CT molecular complexity index is 946. The van der Waals surface area contributed by atoms with Gasteiger partial charge in [-0.25, -0.2) is 12.8 Å². The molecule has 0 radical (unpaired) electrons. The number of para-hydroxylation sites is 1. The number of amides is 1. The zero-order chi connectivity index (χ0) is 19.4. The monoisotopic (exact) mass is 412 g/mol. The van der Waals surface area contributed by atoms with E-state index in [9.17, 15) is 17.6 Å². The average molecular weight is 413 g/mol. The van der Waals surface area contributed by atoms with Gasteiger partial charge in [0.15, 0.2) is 0 Å². The third-order valence-electron chi connectivity index (χ3n) is 4.11. The minimum Gasteiger partial charge on any atom is -0.376 e. The van der Waals surface area contributed by atoms with Gasteiger partial charge in [0.1, 0.15) is 10.7 Å². The van der Waals surface area contributed by atoms with Crippen LogP contribution in [0, 0.1) is 5.82 Å². The number of ether oxygens (including phenoxy) is 1. The first-order valence-electron chi connectivity index (χ1n) is 8.33. The lowest BCUT2D eigenvalue weighted by molar-refractivity contribution is 0.0858. The number of rotatable bonds is 6. The van der Waals surface area contributed by atoms with Crippen molar-refractivity contribution in [2.24, 2.45) is 0 Å². The minimum atomic E-state index is -4.24. The van der Waals surface area contributed by atoms with Crippen molar-refractivity contribution in [3.63, 3.8) is 0 Å². The van der Waals surface area contributed by atoms with E-state index in [0.717, 1.165) is 25.0 Å². The lowest BCUT2D eigenvalue weighted by Crippen LogP contribution is -2.32. The summed E-state index contributed by atoms with van der Waals surface area (Å²) in [7, 11) is -4.24. The third kappa shape index (κ3) is 4.77. The zero-order valence-corrected chi connectivity index (χ0v) is 15.8.